The van der Waals surface area contributed by atoms with Gasteiger partial charge < -0.3 is 5.11 Å². The summed E-state index contributed by atoms with van der Waals surface area (Å²) in [6.07, 6.45) is 3.58. The van der Waals surface area contributed by atoms with E-state index >= 15 is 0 Å². The Morgan fingerprint density at radius 3 is 2.69 bits per heavy atom. The van der Waals surface area contributed by atoms with Crippen molar-refractivity contribution in [1.82, 2.24) is 0 Å². The van der Waals surface area contributed by atoms with E-state index in [1.54, 1.807) is 0 Å². The van der Waals surface area contributed by atoms with Crippen molar-refractivity contribution in [3.05, 3.63) is 12.2 Å². The molecule has 4 aliphatic rings. The van der Waals surface area contributed by atoms with Crippen molar-refractivity contribution in [2.45, 2.75) is 46.1 Å². The highest BCUT2D eigenvalue weighted by Gasteiger charge is 2.89. The minimum Gasteiger partial charge on any atom is -0.389 e. The fourth-order valence-corrected chi connectivity index (χ4v) is 6.28. The molecule has 1 heteroatoms. The van der Waals surface area contributed by atoms with E-state index in [1.807, 2.05) is 0 Å². The summed E-state index contributed by atoms with van der Waals surface area (Å²) in [5.74, 6) is 2.49. The average molecular weight is 218 g/mol. The van der Waals surface area contributed by atoms with Gasteiger partial charge in [-0.2, -0.15) is 0 Å². The molecule has 0 aromatic carbocycles. The third-order valence-electron chi connectivity index (χ3n) is 7.09. The van der Waals surface area contributed by atoms with Crippen LogP contribution in [0.25, 0.3) is 0 Å². The van der Waals surface area contributed by atoms with Crippen LogP contribution >= 0.6 is 0 Å². The maximum absolute atomic E-state index is 10.1. The van der Waals surface area contributed by atoms with E-state index in [1.165, 1.54) is 18.4 Å². The highest BCUT2D eigenvalue weighted by molar-refractivity contribution is 5.47. The van der Waals surface area contributed by atoms with Gasteiger partial charge in [0.25, 0.3) is 0 Å². The highest BCUT2D eigenvalue weighted by atomic mass is 16.3. The summed E-state index contributed by atoms with van der Waals surface area (Å²) in [5.41, 5.74) is 2.55. The smallest absolute Gasteiger partial charge is 0.0756 e. The third-order valence-corrected chi connectivity index (χ3v) is 7.09. The van der Waals surface area contributed by atoms with Gasteiger partial charge in [0.05, 0.1) is 6.10 Å². The minimum absolute atomic E-state index is 0.201. The lowest BCUT2D eigenvalue weighted by molar-refractivity contribution is 0.163. The van der Waals surface area contributed by atoms with Crippen molar-refractivity contribution < 1.29 is 5.11 Å². The molecule has 4 aliphatic carbocycles. The predicted molar refractivity (Wildman–Crippen MR) is 63.8 cm³/mol. The Labute approximate surface area is 97.9 Å². The van der Waals surface area contributed by atoms with Gasteiger partial charge in [-0.05, 0) is 53.4 Å². The maximum Gasteiger partial charge on any atom is 0.0756 e. The van der Waals surface area contributed by atoms with E-state index in [2.05, 4.69) is 27.4 Å². The van der Waals surface area contributed by atoms with Crippen LogP contribution in [0.5, 0.6) is 0 Å². The van der Waals surface area contributed by atoms with Gasteiger partial charge in [-0.15, -0.1) is 0 Å². The fraction of sp³-hybridized carbons (Fsp3) is 0.867. The Hall–Kier alpha value is -0.300. The molecule has 1 spiro atoms. The SMILES string of the molecule is C=C1[C@@H](O)C[C@@H]2[C@]13[C@@H]1[C@H](CC[C@@]23C)C1(C)C. The molecule has 88 valence electrons. The standard InChI is InChI=1S/C15H22O/c1-8-10(16)7-11-14(4)6-5-9-12(13(9,2)3)15(8,11)14/h9-12,16H,1,5-7H2,2-4H3/t9-,10-,11-,12+,14-,15-/m0/s1. The number of hydrogen-bond donors (Lipinski definition) is 1. The number of aliphatic hydroxyl groups is 1. The molecule has 0 aromatic heterocycles. The van der Waals surface area contributed by atoms with Crippen LogP contribution < -0.4 is 0 Å². The van der Waals surface area contributed by atoms with Gasteiger partial charge in [0.1, 0.15) is 0 Å². The minimum atomic E-state index is -0.201. The molecule has 0 bridgehead atoms. The third kappa shape index (κ3) is 0.641. The summed E-state index contributed by atoms with van der Waals surface area (Å²) < 4.78 is 0. The zero-order valence-electron chi connectivity index (χ0n) is 10.6. The molecule has 0 aliphatic heterocycles. The number of rotatable bonds is 0. The summed E-state index contributed by atoms with van der Waals surface area (Å²) >= 11 is 0. The Morgan fingerprint density at radius 2 is 2.00 bits per heavy atom. The molecule has 4 rings (SSSR count). The van der Waals surface area contributed by atoms with Gasteiger partial charge in [0, 0.05) is 5.41 Å². The monoisotopic (exact) mass is 218 g/mol. The van der Waals surface area contributed by atoms with Crippen LogP contribution in [0.15, 0.2) is 12.2 Å². The zero-order valence-corrected chi connectivity index (χ0v) is 10.6. The number of fused-ring (bicyclic) bond motifs is 2. The molecule has 16 heavy (non-hydrogen) atoms. The first-order chi connectivity index (χ1) is 7.38. The largest absolute Gasteiger partial charge is 0.389 e. The fourth-order valence-electron chi connectivity index (χ4n) is 6.28. The summed E-state index contributed by atoms with van der Waals surface area (Å²) in [6.45, 7) is 11.6. The van der Waals surface area contributed by atoms with Gasteiger partial charge in [-0.25, -0.2) is 0 Å². The van der Waals surface area contributed by atoms with Crippen molar-refractivity contribution in [3.63, 3.8) is 0 Å². The Morgan fingerprint density at radius 1 is 1.31 bits per heavy atom. The van der Waals surface area contributed by atoms with E-state index in [0.29, 0.717) is 16.2 Å². The first kappa shape index (κ1) is 9.70. The Kier molecular flexibility index (Phi) is 1.31. The summed E-state index contributed by atoms with van der Waals surface area (Å²) in [4.78, 5) is 0. The first-order valence-electron chi connectivity index (χ1n) is 6.76. The lowest BCUT2D eigenvalue weighted by Crippen LogP contribution is -2.26. The first-order valence-corrected chi connectivity index (χ1v) is 6.76. The van der Waals surface area contributed by atoms with E-state index in [9.17, 15) is 5.11 Å². The molecule has 4 fully saturated rings. The molecule has 6 atom stereocenters. The van der Waals surface area contributed by atoms with Crippen molar-refractivity contribution in [2.24, 2.45) is 34.0 Å². The van der Waals surface area contributed by atoms with Crippen molar-refractivity contribution in [2.75, 3.05) is 0 Å². The topological polar surface area (TPSA) is 20.2 Å². The van der Waals surface area contributed by atoms with Crippen LogP contribution in [-0.2, 0) is 0 Å². The van der Waals surface area contributed by atoms with Gasteiger partial charge in [-0.1, -0.05) is 27.4 Å². The second kappa shape index (κ2) is 2.16. The van der Waals surface area contributed by atoms with E-state index in [0.717, 1.165) is 24.2 Å². The van der Waals surface area contributed by atoms with E-state index < -0.39 is 0 Å². The van der Waals surface area contributed by atoms with Crippen molar-refractivity contribution >= 4 is 0 Å². The summed E-state index contributed by atoms with van der Waals surface area (Å²) in [7, 11) is 0. The van der Waals surface area contributed by atoms with Gasteiger partial charge >= 0.3 is 0 Å². The highest BCUT2D eigenvalue weighted by Crippen LogP contribution is 2.93. The van der Waals surface area contributed by atoms with Gasteiger partial charge in [-0.3, -0.25) is 0 Å². The van der Waals surface area contributed by atoms with Crippen LogP contribution in [0.1, 0.15) is 40.0 Å². The summed E-state index contributed by atoms with van der Waals surface area (Å²) in [6, 6.07) is 0. The predicted octanol–water partition coefficient (Wildman–Crippen LogP) is 3.00. The zero-order chi connectivity index (χ0) is 11.5. The van der Waals surface area contributed by atoms with Crippen LogP contribution in [0.2, 0.25) is 0 Å². The molecular weight excluding hydrogens is 196 g/mol. The molecular formula is C15H22O. The lowest BCUT2D eigenvalue weighted by atomic mass is 9.74. The Balaban J connectivity index is 1.85. The van der Waals surface area contributed by atoms with Gasteiger partial charge in [0.2, 0.25) is 0 Å². The molecule has 1 nitrogen and oxygen atoms in total. The van der Waals surface area contributed by atoms with E-state index in [4.69, 9.17) is 0 Å². The van der Waals surface area contributed by atoms with Crippen LogP contribution in [0.4, 0.5) is 0 Å². The molecule has 0 amide bonds. The molecule has 0 saturated heterocycles. The second-order valence-corrected chi connectivity index (χ2v) is 7.56. The van der Waals surface area contributed by atoms with Crippen molar-refractivity contribution in [1.29, 1.82) is 0 Å². The number of hydrogen-bond acceptors (Lipinski definition) is 1. The van der Waals surface area contributed by atoms with E-state index in [-0.39, 0.29) is 6.10 Å². The van der Waals surface area contributed by atoms with Crippen LogP contribution in [0, 0.1) is 34.0 Å². The average Bonchev–Trinajstić information content (AvgIpc) is 2.91. The second-order valence-electron chi connectivity index (χ2n) is 7.56. The molecule has 0 aromatic rings. The maximum atomic E-state index is 10.1. The van der Waals surface area contributed by atoms with Gasteiger partial charge in [0.15, 0.2) is 0 Å². The lowest BCUT2D eigenvalue weighted by Gasteiger charge is -2.31. The van der Waals surface area contributed by atoms with Crippen molar-refractivity contribution in [3.8, 4) is 0 Å². The van der Waals surface area contributed by atoms with Crippen LogP contribution in [-0.4, -0.2) is 11.2 Å². The molecule has 0 unspecified atom stereocenters. The summed E-state index contributed by atoms with van der Waals surface area (Å²) in [5, 5.41) is 10.1. The molecule has 1 N–H and O–H groups in total. The Bertz CT molecular complexity index is 410. The van der Waals surface area contributed by atoms with Crippen LogP contribution in [0.3, 0.4) is 0 Å². The normalized spacial score (nSPS) is 64.6. The number of aliphatic hydroxyl groups excluding tert-OH is 1. The molecule has 0 radical (unpaired) electrons. The molecule has 0 heterocycles. The quantitative estimate of drug-likeness (QED) is 0.620. The molecule has 4 saturated carbocycles.